The highest BCUT2D eigenvalue weighted by molar-refractivity contribution is 7.92. The normalized spacial score (nSPS) is 15.9. The summed E-state index contributed by atoms with van der Waals surface area (Å²) in [6.07, 6.45) is 1.77. The monoisotopic (exact) mass is 459 g/mol. The molecule has 0 fully saturated rings. The Kier molecular flexibility index (Phi) is 7.14. The van der Waals surface area contributed by atoms with Gasteiger partial charge in [0.2, 0.25) is 15.9 Å². The van der Waals surface area contributed by atoms with Gasteiger partial charge in [-0.05, 0) is 41.8 Å². The number of hydrogen-bond acceptors (Lipinski definition) is 6. The van der Waals surface area contributed by atoms with Crippen LogP contribution in [-0.2, 0) is 19.6 Å². The molecule has 10 heteroatoms. The van der Waals surface area contributed by atoms with Crippen molar-refractivity contribution >= 4 is 33.3 Å². The number of methoxy groups -OCH3 is 1. The molecule has 2 aromatic carbocycles. The highest BCUT2D eigenvalue weighted by Gasteiger charge is 2.32. The zero-order valence-corrected chi connectivity index (χ0v) is 18.6. The van der Waals surface area contributed by atoms with E-state index in [1.165, 1.54) is 5.01 Å². The Morgan fingerprint density at radius 1 is 1.12 bits per heavy atom. The molecule has 1 heterocycles. The van der Waals surface area contributed by atoms with Crippen LogP contribution in [0.4, 0.5) is 5.69 Å². The number of nitrogens with zero attached hydrogens (tertiary/aromatic N) is 2. The second-order valence-electron chi connectivity index (χ2n) is 7.48. The van der Waals surface area contributed by atoms with Crippen molar-refractivity contribution in [3.05, 3.63) is 59.7 Å². The van der Waals surface area contributed by atoms with Crippen molar-refractivity contribution in [1.29, 1.82) is 0 Å². The molecule has 0 radical (unpaired) electrons. The van der Waals surface area contributed by atoms with E-state index in [2.05, 4.69) is 9.82 Å². The van der Waals surface area contributed by atoms with Crippen molar-refractivity contribution < 1.29 is 27.9 Å². The molecule has 1 amide bonds. The van der Waals surface area contributed by atoms with Crippen LogP contribution in [0.3, 0.4) is 0 Å². The van der Waals surface area contributed by atoms with Gasteiger partial charge in [-0.2, -0.15) is 5.10 Å². The van der Waals surface area contributed by atoms with Crippen LogP contribution in [0, 0.1) is 0 Å². The molecule has 0 saturated heterocycles. The largest absolute Gasteiger partial charge is 0.497 e. The standard InChI is InChI=1S/C22H25N3O6S/c1-31-18-12-8-16(9-13-18)20-14-19(23-25(20)21(26)4-3-5-22(27)28)15-6-10-17(11-7-15)24-32(2,29)30/h6-13,20,24H,3-5,14H2,1-2H3,(H,27,28)/t20-/m1/s1. The fourth-order valence-corrected chi connectivity index (χ4v) is 4.01. The Balaban J connectivity index is 1.84. The van der Waals surface area contributed by atoms with Crippen LogP contribution in [-0.4, -0.2) is 49.5 Å². The van der Waals surface area contributed by atoms with Crippen LogP contribution >= 0.6 is 0 Å². The number of anilines is 1. The maximum Gasteiger partial charge on any atom is 0.303 e. The molecule has 0 aliphatic carbocycles. The third kappa shape index (κ3) is 6.07. The van der Waals surface area contributed by atoms with Crippen molar-refractivity contribution in [3.8, 4) is 5.75 Å². The van der Waals surface area contributed by atoms with Crippen LogP contribution < -0.4 is 9.46 Å². The van der Waals surface area contributed by atoms with Gasteiger partial charge in [0.1, 0.15) is 5.75 Å². The quantitative estimate of drug-likeness (QED) is 0.594. The molecule has 32 heavy (non-hydrogen) atoms. The Morgan fingerprint density at radius 3 is 2.34 bits per heavy atom. The van der Waals surface area contributed by atoms with E-state index in [-0.39, 0.29) is 31.2 Å². The number of rotatable bonds is 9. The van der Waals surface area contributed by atoms with Crippen molar-refractivity contribution in [2.24, 2.45) is 5.10 Å². The number of sulfonamides is 1. The molecule has 9 nitrogen and oxygen atoms in total. The summed E-state index contributed by atoms with van der Waals surface area (Å²) in [5, 5.41) is 14.8. The first kappa shape index (κ1) is 23.3. The molecule has 170 valence electrons. The van der Waals surface area contributed by atoms with E-state index in [0.717, 1.165) is 17.4 Å². The first-order valence-corrected chi connectivity index (χ1v) is 11.9. The van der Waals surface area contributed by atoms with Crippen LogP contribution in [0.25, 0.3) is 0 Å². The van der Waals surface area contributed by atoms with Crippen molar-refractivity contribution in [1.82, 2.24) is 5.01 Å². The molecule has 0 bridgehead atoms. The molecule has 1 aliphatic heterocycles. The molecule has 1 atom stereocenters. The molecule has 0 unspecified atom stereocenters. The molecule has 0 aromatic heterocycles. The lowest BCUT2D eigenvalue weighted by Gasteiger charge is -2.22. The number of amides is 1. The number of carboxylic acid groups (broad SMARTS) is 1. The average molecular weight is 460 g/mol. The summed E-state index contributed by atoms with van der Waals surface area (Å²) in [5.41, 5.74) is 2.77. The summed E-state index contributed by atoms with van der Waals surface area (Å²) in [6, 6.07) is 13.8. The lowest BCUT2D eigenvalue weighted by Crippen LogP contribution is -2.27. The number of carboxylic acids is 1. The number of benzene rings is 2. The SMILES string of the molecule is COc1ccc([C@H]2CC(c3ccc(NS(C)(=O)=O)cc3)=NN2C(=O)CCCC(=O)O)cc1. The third-order valence-electron chi connectivity index (χ3n) is 4.97. The van der Waals surface area contributed by atoms with Gasteiger partial charge in [0.15, 0.2) is 0 Å². The van der Waals surface area contributed by atoms with Crippen molar-refractivity contribution in [2.45, 2.75) is 31.7 Å². The van der Waals surface area contributed by atoms with E-state index in [1.54, 1.807) is 31.4 Å². The van der Waals surface area contributed by atoms with Gasteiger partial charge in [-0.25, -0.2) is 13.4 Å². The summed E-state index contributed by atoms with van der Waals surface area (Å²) in [7, 11) is -1.80. The predicted octanol–water partition coefficient (Wildman–Crippen LogP) is 3.00. The fraction of sp³-hybridized carbons (Fsp3) is 0.318. The van der Waals surface area contributed by atoms with Gasteiger partial charge in [-0.3, -0.25) is 14.3 Å². The maximum absolute atomic E-state index is 12.8. The molecule has 2 aromatic rings. The molecule has 2 N–H and O–H groups in total. The predicted molar refractivity (Wildman–Crippen MR) is 120 cm³/mol. The Morgan fingerprint density at radius 2 is 1.78 bits per heavy atom. The number of carbonyl (C=O) groups is 2. The number of hydrazone groups is 1. The number of aliphatic carboxylic acids is 1. The first-order valence-electron chi connectivity index (χ1n) is 10.00. The van der Waals surface area contributed by atoms with Gasteiger partial charge >= 0.3 is 5.97 Å². The molecule has 0 saturated carbocycles. The van der Waals surface area contributed by atoms with Gasteiger partial charge in [-0.1, -0.05) is 24.3 Å². The topological polar surface area (TPSA) is 125 Å². The van der Waals surface area contributed by atoms with Crippen molar-refractivity contribution in [2.75, 3.05) is 18.1 Å². The van der Waals surface area contributed by atoms with E-state index in [4.69, 9.17) is 9.84 Å². The van der Waals surface area contributed by atoms with Crippen LogP contribution in [0.15, 0.2) is 53.6 Å². The van der Waals surface area contributed by atoms with Crippen LogP contribution in [0.5, 0.6) is 5.75 Å². The second-order valence-corrected chi connectivity index (χ2v) is 9.23. The molecule has 1 aliphatic rings. The number of hydrogen-bond donors (Lipinski definition) is 2. The van der Waals surface area contributed by atoms with E-state index in [9.17, 15) is 18.0 Å². The summed E-state index contributed by atoms with van der Waals surface area (Å²) in [4.78, 5) is 23.6. The highest BCUT2D eigenvalue weighted by atomic mass is 32.2. The minimum Gasteiger partial charge on any atom is -0.497 e. The Bertz CT molecular complexity index is 1110. The minimum absolute atomic E-state index is 0.0763. The first-order chi connectivity index (χ1) is 15.2. The van der Waals surface area contributed by atoms with E-state index in [1.807, 2.05) is 24.3 Å². The van der Waals surface area contributed by atoms with Crippen LogP contribution in [0.2, 0.25) is 0 Å². The van der Waals surface area contributed by atoms with Gasteiger partial charge in [0, 0.05) is 24.9 Å². The number of carbonyl (C=O) groups excluding carboxylic acids is 1. The molecular weight excluding hydrogens is 434 g/mol. The molecule has 0 spiro atoms. The van der Waals surface area contributed by atoms with E-state index >= 15 is 0 Å². The average Bonchev–Trinajstić information content (AvgIpc) is 3.18. The molecule has 3 rings (SSSR count). The summed E-state index contributed by atoms with van der Waals surface area (Å²) in [6.45, 7) is 0. The summed E-state index contributed by atoms with van der Waals surface area (Å²) in [5.74, 6) is -0.503. The van der Waals surface area contributed by atoms with Gasteiger partial charge < -0.3 is 9.84 Å². The zero-order valence-electron chi connectivity index (χ0n) is 17.8. The molecular formula is C22H25N3O6S. The number of nitrogens with one attached hydrogen (secondary N) is 1. The van der Waals surface area contributed by atoms with Gasteiger partial charge in [0.05, 0.1) is 25.1 Å². The van der Waals surface area contributed by atoms with E-state index in [0.29, 0.717) is 23.6 Å². The second kappa shape index (κ2) is 9.82. The lowest BCUT2D eigenvalue weighted by atomic mass is 9.98. The lowest BCUT2D eigenvalue weighted by molar-refractivity contribution is -0.137. The fourth-order valence-electron chi connectivity index (χ4n) is 3.45. The van der Waals surface area contributed by atoms with Crippen LogP contribution in [0.1, 0.15) is 42.9 Å². The van der Waals surface area contributed by atoms with Gasteiger partial charge in [-0.15, -0.1) is 0 Å². The Labute approximate surface area is 186 Å². The maximum atomic E-state index is 12.8. The zero-order chi connectivity index (χ0) is 23.3. The highest BCUT2D eigenvalue weighted by Crippen LogP contribution is 2.34. The van der Waals surface area contributed by atoms with E-state index < -0.39 is 16.0 Å². The smallest absolute Gasteiger partial charge is 0.303 e. The summed E-state index contributed by atoms with van der Waals surface area (Å²) >= 11 is 0. The number of ether oxygens (including phenoxy) is 1. The van der Waals surface area contributed by atoms with Gasteiger partial charge in [0.25, 0.3) is 0 Å². The minimum atomic E-state index is -3.38. The van der Waals surface area contributed by atoms with Crippen molar-refractivity contribution in [3.63, 3.8) is 0 Å². The Hall–Kier alpha value is -3.40. The summed E-state index contributed by atoms with van der Waals surface area (Å²) < 4.78 is 30.4. The third-order valence-corrected chi connectivity index (χ3v) is 5.58.